The third-order valence-electron chi connectivity index (χ3n) is 6.03. The second-order valence-corrected chi connectivity index (χ2v) is 10.3. The number of halogens is 2. The minimum absolute atomic E-state index is 0.153. The molecule has 0 fully saturated rings. The molecule has 0 bridgehead atoms. The van der Waals surface area contributed by atoms with Gasteiger partial charge in [0.2, 0.25) is 11.8 Å². The van der Waals surface area contributed by atoms with E-state index in [1.165, 1.54) is 6.08 Å². The molecule has 196 valence electrons. The van der Waals surface area contributed by atoms with Crippen molar-refractivity contribution >= 4 is 69.3 Å². The monoisotopic (exact) mass is 575 g/mol. The van der Waals surface area contributed by atoms with Crippen molar-refractivity contribution in [3.63, 3.8) is 0 Å². The van der Waals surface area contributed by atoms with Crippen LogP contribution in [-0.2, 0) is 4.79 Å². The smallest absolute Gasteiger partial charge is 0.250 e. The van der Waals surface area contributed by atoms with E-state index in [1.54, 1.807) is 36.4 Å². The van der Waals surface area contributed by atoms with Gasteiger partial charge in [-0.25, -0.2) is 4.98 Å². The molecule has 1 amide bonds. The lowest BCUT2D eigenvalue weighted by Crippen LogP contribution is -2.33. The Morgan fingerprint density at radius 1 is 0.974 bits per heavy atom. The number of hydrogen-bond donors (Lipinski definition) is 2. The number of fused-ring (bicyclic) bond motifs is 1. The molecule has 0 saturated carbocycles. The molecule has 3 aromatic carbocycles. The summed E-state index contributed by atoms with van der Waals surface area (Å²) in [5.41, 5.74) is 6.86. The average Bonchev–Trinajstić information content (AvgIpc) is 3.53. The van der Waals surface area contributed by atoms with Crippen molar-refractivity contribution in [1.29, 1.82) is 0 Å². The number of amides is 1. The lowest BCUT2D eigenvalue weighted by atomic mass is 10.1. The fraction of sp³-hybridized carbons (Fsp3) is 0.100. The van der Waals surface area contributed by atoms with Crippen molar-refractivity contribution < 1.29 is 13.6 Å². The predicted molar refractivity (Wildman–Crippen MR) is 161 cm³/mol. The Hall–Kier alpha value is -3.91. The van der Waals surface area contributed by atoms with Crippen LogP contribution in [0, 0.1) is 20.8 Å². The summed E-state index contributed by atoms with van der Waals surface area (Å²) in [6.45, 7) is 5.97. The Labute approximate surface area is 240 Å². The van der Waals surface area contributed by atoms with Gasteiger partial charge in [0.05, 0.1) is 10.0 Å². The molecule has 6 nitrogen and oxygen atoms in total. The lowest BCUT2D eigenvalue weighted by Gasteiger charge is -2.11. The minimum atomic E-state index is -0.412. The first-order valence-electron chi connectivity index (χ1n) is 12.0. The second kappa shape index (κ2) is 11.1. The zero-order valence-corrected chi connectivity index (χ0v) is 23.6. The topological polar surface area (TPSA) is 80.3 Å². The van der Waals surface area contributed by atoms with Crippen LogP contribution in [0.4, 0.5) is 5.69 Å². The molecule has 0 radical (unpaired) electrons. The molecule has 9 heteroatoms. The van der Waals surface area contributed by atoms with E-state index in [-0.39, 0.29) is 5.11 Å². The van der Waals surface area contributed by atoms with Crippen LogP contribution >= 0.6 is 35.4 Å². The first-order chi connectivity index (χ1) is 18.7. The molecule has 5 aromatic rings. The maximum atomic E-state index is 12.5. The third-order valence-corrected chi connectivity index (χ3v) is 7.06. The molecule has 0 unspecified atom stereocenters. The van der Waals surface area contributed by atoms with Gasteiger partial charge in [0.1, 0.15) is 17.0 Å². The number of furan rings is 1. The van der Waals surface area contributed by atoms with Gasteiger partial charge < -0.3 is 14.2 Å². The van der Waals surface area contributed by atoms with Crippen LogP contribution in [0.1, 0.15) is 22.5 Å². The van der Waals surface area contributed by atoms with Crippen LogP contribution < -0.4 is 10.6 Å². The van der Waals surface area contributed by atoms with E-state index in [2.05, 4.69) is 21.7 Å². The Bertz CT molecular complexity index is 1770. The average molecular weight is 577 g/mol. The Balaban J connectivity index is 1.25. The van der Waals surface area contributed by atoms with E-state index >= 15 is 0 Å². The van der Waals surface area contributed by atoms with Gasteiger partial charge >= 0.3 is 0 Å². The molecule has 0 aliphatic rings. The number of nitrogens with zero attached hydrogens (tertiary/aromatic N) is 1. The van der Waals surface area contributed by atoms with Gasteiger partial charge in [0.15, 0.2) is 10.7 Å². The van der Waals surface area contributed by atoms with Crippen LogP contribution in [-0.4, -0.2) is 16.0 Å². The Morgan fingerprint density at radius 3 is 2.62 bits per heavy atom. The van der Waals surface area contributed by atoms with Gasteiger partial charge in [-0.2, -0.15) is 0 Å². The van der Waals surface area contributed by atoms with Gasteiger partial charge in [0, 0.05) is 22.9 Å². The molecule has 0 saturated heterocycles. The van der Waals surface area contributed by atoms with Crippen LogP contribution in [0.25, 0.3) is 40.0 Å². The van der Waals surface area contributed by atoms with Gasteiger partial charge in [0.25, 0.3) is 0 Å². The summed E-state index contributed by atoms with van der Waals surface area (Å²) in [6.07, 6.45) is 2.88. The standard InChI is InChI=1S/C30H23Cl2N3O3S/c1-16-13-18(3)28-24(14-16)33-29(38-28)19-8-7-17(2)23(15-19)34-30(39)35-26(36)12-10-20-9-11-25(37-20)21-5-4-6-22(31)27(21)32/h4-15H,1-3H3,(H2,34,35,36,39). The van der Waals surface area contributed by atoms with E-state index in [1.807, 2.05) is 45.0 Å². The van der Waals surface area contributed by atoms with Crippen molar-refractivity contribution in [3.05, 3.63) is 99.2 Å². The number of thiocarbonyl (C=S) groups is 1. The number of aromatic nitrogens is 1. The molecule has 0 aliphatic carbocycles. The van der Waals surface area contributed by atoms with Crippen molar-refractivity contribution in [2.45, 2.75) is 20.8 Å². The third kappa shape index (κ3) is 5.91. The highest BCUT2D eigenvalue weighted by Crippen LogP contribution is 2.34. The number of hydrogen-bond acceptors (Lipinski definition) is 5. The van der Waals surface area contributed by atoms with Gasteiger partial charge in [-0.1, -0.05) is 41.4 Å². The molecular formula is C30H23Cl2N3O3S. The van der Waals surface area contributed by atoms with Crippen molar-refractivity contribution in [2.24, 2.45) is 0 Å². The molecule has 2 heterocycles. The number of anilines is 1. The number of aryl methyl sites for hydroxylation is 3. The highest BCUT2D eigenvalue weighted by Gasteiger charge is 2.14. The summed E-state index contributed by atoms with van der Waals surface area (Å²) in [7, 11) is 0. The summed E-state index contributed by atoms with van der Waals surface area (Å²) in [6, 6.07) is 18.6. The van der Waals surface area contributed by atoms with Gasteiger partial charge in [-0.15, -0.1) is 0 Å². The highest BCUT2D eigenvalue weighted by atomic mass is 35.5. The summed E-state index contributed by atoms with van der Waals surface area (Å²) in [5, 5.41) is 6.72. The summed E-state index contributed by atoms with van der Waals surface area (Å²) in [4.78, 5) is 17.2. The largest absolute Gasteiger partial charge is 0.457 e. The van der Waals surface area contributed by atoms with E-state index in [0.29, 0.717) is 33.0 Å². The summed E-state index contributed by atoms with van der Waals surface area (Å²) >= 11 is 17.7. The molecule has 0 aliphatic heterocycles. The quantitative estimate of drug-likeness (QED) is 0.161. The summed E-state index contributed by atoms with van der Waals surface area (Å²) < 4.78 is 11.8. The predicted octanol–water partition coefficient (Wildman–Crippen LogP) is 8.51. The van der Waals surface area contributed by atoms with Crippen molar-refractivity contribution in [1.82, 2.24) is 10.3 Å². The number of benzene rings is 3. The van der Waals surface area contributed by atoms with E-state index in [9.17, 15) is 4.79 Å². The summed E-state index contributed by atoms with van der Waals surface area (Å²) in [5.74, 6) is 1.11. The van der Waals surface area contributed by atoms with Crippen LogP contribution in [0.2, 0.25) is 10.0 Å². The molecule has 0 spiro atoms. The first-order valence-corrected chi connectivity index (χ1v) is 13.2. The van der Waals surface area contributed by atoms with Crippen molar-refractivity contribution in [2.75, 3.05) is 5.32 Å². The van der Waals surface area contributed by atoms with Crippen LogP contribution in [0.3, 0.4) is 0 Å². The van der Waals surface area contributed by atoms with Gasteiger partial charge in [-0.3, -0.25) is 10.1 Å². The number of carbonyl (C=O) groups is 1. The fourth-order valence-corrected chi connectivity index (χ4v) is 4.74. The SMILES string of the molecule is Cc1cc(C)c2oc(-c3ccc(C)c(NC(=S)NC(=O)C=Cc4ccc(-c5cccc(Cl)c5Cl)o4)c3)nc2c1. The molecular weight excluding hydrogens is 553 g/mol. The number of nitrogens with one attached hydrogen (secondary N) is 2. The van der Waals surface area contributed by atoms with E-state index in [0.717, 1.165) is 39.0 Å². The maximum absolute atomic E-state index is 12.5. The maximum Gasteiger partial charge on any atom is 0.250 e. The van der Waals surface area contributed by atoms with Gasteiger partial charge in [-0.05, 0) is 98.2 Å². The van der Waals surface area contributed by atoms with E-state index < -0.39 is 5.91 Å². The van der Waals surface area contributed by atoms with Crippen LogP contribution in [0.15, 0.2) is 75.6 Å². The number of carbonyl (C=O) groups excluding carboxylic acids is 1. The van der Waals surface area contributed by atoms with Crippen LogP contribution in [0.5, 0.6) is 0 Å². The van der Waals surface area contributed by atoms with E-state index in [4.69, 9.17) is 44.3 Å². The molecule has 2 aromatic heterocycles. The highest BCUT2D eigenvalue weighted by molar-refractivity contribution is 7.80. The minimum Gasteiger partial charge on any atom is -0.457 e. The Kier molecular flexibility index (Phi) is 7.57. The van der Waals surface area contributed by atoms with Crippen molar-refractivity contribution in [3.8, 4) is 22.8 Å². The molecule has 0 atom stereocenters. The fourth-order valence-electron chi connectivity index (χ4n) is 4.14. The zero-order chi connectivity index (χ0) is 27.7. The lowest BCUT2D eigenvalue weighted by molar-refractivity contribution is -0.115. The molecule has 2 N–H and O–H groups in total. The molecule has 39 heavy (non-hydrogen) atoms. The normalized spacial score (nSPS) is 11.3. The number of rotatable bonds is 5. The Morgan fingerprint density at radius 2 is 1.79 bits per heavy atom. The molecule has 5 rings (SSSR count). The number of oxazole rings is 1. The second-order valence-electron chi connectivity index (χ2n) is 9.06. The first kappa shape index (κ1) is 26.7. The zero-order valence-electron chi connectivity index (χ0n) is 21.3.